The number of nitrogens with one attached hydrogen (secondary N) is 1. The Morgan fingerprint density at radius 1 is 1.10 bits per heavy atom. The summed E-state index contributed by atoms with van der Waals surface area (Å²) in [6, 6.07) is 11.0. The van der Waals surface area contributed by atoms with Crippen LogP contribution < -0.4 is 10.2 Å². The van der Waals surface area contributed by atoms with E-state index < -0.39 is 0 Å². The molecule has 1 fully saturated rings. The van der Waals surface area contributed by atoms with Gasteiger partial charge in [-0.1, -0.05) is 19.9 Å². The number of fused-ring (bicyclic) bond motifs is 1. The van der Waals surface area contributed by atoms with E-state index in [2.05, 4.69) is 54.4 Å². The minimum Gasteiger partial charge on any atom is -0.355 e. The highest BCUT2D eigenvalue weighted by Gasteiger charge is 2.11. The molecule has 1 aromatic heterocycles. The molecular weight excluding hydrogens is 246 g/mol. The van der Waals surface area contributed by atoms with Crippen molar-refractivity contribution in [2.75, 3.05) is 31.1 Å². The maximum atomic E-state index is 4.84. The highest BCUT2D eigenvalue weighted by molar-refractivity contribution is 5.81. The zero-order valence-electron chi connectivity index (χ0n) is 12.4. The molecule has 2 aromatic rings. The highest BCUT2D eigenvalue weighted by Crippen LogP contribution is 2.23. The molecule has 0 saturated carbocycles. The Morgan fingerprint density at radius 3 is 2.85 bits per heavy atom. The zero-order valence-corrected chi connectivity index (χ0v) is 12.4. The Balaban J connectivity index is 1.92. The molecule has 0 aliphatic carbocycles. The quantitative estimate of drug-likeness (QED) is 0.907. The third kappa shape index (κ3) is 2.78. The van der Waals surface area contributed by atoms with E-state index in [-0.39, 0.29) is 0 Å². The second-order valence-corrected chi connectivity index (χ2v) is 5.87. The van der Waals surface area contributed by atoms with E-state index in [0.717, 1.165) is 37.5 Å². The molecule has 1 aromatic carbocycles. The Hall–Kier alpha value is -1.61. The van der Waals surface area contributed by atoms with Crippen LogP contribution in [0.15, 0.2) is 30.3 Å². The van der Waals surface area contributed by atoms with Crippen LogP contribution in [0.25, 0.3) is 10.9 Å². The Bertz CT molecular complexity index is 584. The van der Waals surface area contributed by atoms with E-state index in [1.165, 1.54) is 17.4 Å². The molecule has 1 aliphatic rings. The number of anilines is 1. The van der Waals surface area contributed by atoms with E-state index in [0.29, 0.717) is 5.92 Å². The third-order valence-corrected chi connectivity index (χ3v) is 4.03. The van der Waals surface area contributed by atoms with Crippen LogP contribution in [-0.4, -0.2) is 31.2 Å². The summed E-state index contributed by atoms with van der Waals surface area (Å²) in [5, 5.41) is 4.68. The van der Waals surface area contributed by atoms with Crippen molar-refractivity contribution < 1.29 is 0 Å². The van der Waals surface area contributed by atoms with Gasteiger partial charge in [0.25, 0.3) is 0 Å². The maximum absolute atomic E-state index is 4.84. The lowest BCUT2D eigenvalue weighted by Gasteiger charge is -2.21. The van der Waals surface area contributed by atoms with Crippen LogP contribution >= 0.6 is 0 Å². The lowest BCUT2D eigenvalue weighted by Crippen LogP contribution is -2.28. The summed E-state index contributed by atoms with van der Waals surface area (Å²) in [4.78, 5) is 7.22. The Labute approximate surface area is 121 Å². The molecule has 1 N–H and O–H groups in total. The van der Waals surface area contributed by atoms with Gasteiger partial charge in [-0.2, -0.15) is 0 Å². The average molecular weight is 269 g/mol. The molecule has 1 saturated heterocycles. The van der Waals surface area contributed by atoms with Crippen LogP contribution in [-0.2, 0) is 0 Å². The smallest absolute Gasteiger partial charge is 0.129 e. The summed E-state index contributed by atoms with van der Waals surface area (Å²) in [5.74, 6) is 1.68. The second-order valence-electron chi connectivity index (χ2n) is 5.87. The van der Waals surface area contributed by atoms with E-state index in [1.54, 1.807) is 0 Å². The van der Waals surface area contributed by atoms with Crippen molar-refractivity contribution in [1.29, 1.82) is 0 Å². The van der Waals surface area contributed by atoms with Crippen molar-refractivity contribution in [3.05, 3.63) is 35.9 Å². The van der Waals surface area contributed by atoms with E-state index in [1.807, 2.05) is 0 Å². The summed E-state index contributed by atoms with van der Waals surface area (Å²) < 4.78 is 0. The molecule has 0 unspecified atom stereocenters. The Kier molecular flexibility index (Phi) is 3.88. The van der Waals surface area contributed by atoms with Crippen LogP contribution in [0, 0.1) is 0 Å². The van der Waals surface area contributed by atoms with Crippen molar-refractivity contribution in [2.24, 2.45) is 0 Å². The molecular formula is C17H23N3. The van der Waals surface area contributed by atoms with E-state index in [9.17, 15) is 0 Å². The van der Waals surface area contributed by atoms with Gasteiger partial charge in [0.05, 0.1) is 5.52 Å². The molecule has 20 heavy (non-hydrogen) atoms. The molecule has 1 aliphatic heterocycles. The first-order valence-corrected chi connectivity index (χ1v) is 7.60. The molecule has 0 atom stereocenters. The number of rotatable bonds is 2. The largest absolute Gasteiger partial charge is 0.355 e. The summed E-state index contributed by atoms with van der Waals surface area (Å²) in [7, 11) is 0. The van der Waals surface area contributed by atoms with Gasteiger partial charge in [0.1, 0.15) is 5.82 Å². The molecule has 0 radical (unpaired) electrons. The van der Waals surface area contributed by atoms with Gasteiger partial charge in [-0.15, -0.1) is 0 Å². The summed E-state index contributed by atoms with van der Waals surface area (Å²) in [6.45, 7) is 8.76. The highest BCUT2D eigenvalue weighted by atomic mass is 15.2. The van der Waals surface area contributed by atoms with Crippen LogP contribution in [0.5, 0.6) is 0 Å². The zero-order chi connectivity index (χ0) is 13.9. The summed E-state index contributed by atoms with van der Waals surface area (Å²) in [5.41, 5.74) is 2.48. The van der Waals surface area contributed by atoms with Crippen molar-refractivity contribution in [2.45, 2.75) is 26.2 Å². The molecule has 0 bridgehead atoms. The monoisotopic (exact) mass is 269 g/mol. The minimum absolute atomic E-state index is 0.566. The van der Waals surface area contributed by atoms with Crippen LogP contribution in [0.2, 0.25) is 0 Å². The second kappa shape index (κ2) is 5.80. The van der Waals surface area contributed by atoms with Crippen LogP contribution in [0.4, 0.5) is 5.82 Å². The fourth-order valence-electron chi connectivity index (χ4n) is 2.74. The molecule has 106 valence electrons. The van der Waals surface area contributed by atoms with Gasteiger partial charge in [0, 0.05) is 25.0 Å². The number of hydrogen-bond donors (Lipinski definition) is 1. The molecule has 0 amide bonds. The Morgan fingerprint density at radius 2 is 2.00 bits per heavy atom. The normalized spacial score (nSPS) is 16.6. The molecule has 2 heterocycles. The predicted octanol–water partition coefficient (Wildman–Crippen LogP) is 3.16. The van der Waals surface area contributed by atoms with Gasteiger partial charge in [-0.25, -0.2) is 4.98 Å². The van der Waals surface area contributed by atoms with E-state index in [4.69, 9.17) is 4.98 Å². The number of benzene rings is 1. The predicted molar refractivity (Wildman–Crippen MR) is 85.5 cm³/mol. The molecule has 0 spiro atoms. The molecule has 3 nitrogen and oxygen atoms in total. The van der Waals surface area contributed by atoms with Gasteiger partial charge < -0.3 is 10.2 Å². The van der Waals surface area contributed by atoms with Crippen LogP contribution in [0.1, 0.15) is 31.7 Å². The SMILES string of the molecule is CC(C)c1ccc2nc(N3CCCNCC3)ccc2c1. The lowest BCUT2D eigenvalue weighted by molar-refractivity contribution is 0.724. The summed E-state index contributed by atoms with van der Waals surface area (Å²) in [6.07, 6.45) is 1.19. The van der Waals surface area contributed by atoms with Crippen molar-refractivity contribution in [1.82, 2.24) is 10.3 Å². The fraction of sp³-hybridized carbons (Fsp3) is 0.471. The average Bonchev–Trinajstić information content (AvgIpc) is 2.75. The topological polar surface area (TPSA) is 28.2 Å². The first kappa shape index (κ1) is 13.4. The lowest BCUT2D eigenvalue weighted by atomic mass is 10.0. The van der Waals surface area contributed by atoms with Gasteiger partial charge >= 0.3 is 0 Å². The molecule has 3 rings (SSSR count). The van der Waals surface area contributed by atoms with Crippen LogP contribution in [0.3, 0.4) is 0 Å². The van der Waals surface area contributed by atoms with Crippen molar-refractivity contribution in [3.8, 4) is 0 Å². The number of nitrogens with zero attached hydrogens (tertiary/aromatic N) is 2. The third-order valence-electron chi connectivity index (χ3n) is 4.03. The minimum atomic E-state index is 0.566. The summed E-state index contributed by atoms with van der Waals surface area (Å²) >= 11 is 0. The first-order chi connectivity index (χ1) is 9.74. The maximum Gasteiger partial charge on any atom is 0.129 e. The van der Waals surface area contributed by atoms with Crippen molar-refractivity contribution >= 4 is 16.7 Å². The standard InChI is InChI=1S/C17H23N3/c1-13(2)14-4-6-16-15(12-14)5-7-17(19-16)20-10-3-8-18-9-11-20/h4-7,12-13,18H,3,8-11H2,1-2H3. The van der Waals surface area contributed by atoms with Gasteiger partial charge in [0.15, 0.2) is 0 Å². The van der Waals surface area contributed by atoms with E-state index >= 15 is 0 Å². The van der Waals surface area contributed by atoms with Crippen molar-refractivity contribution in [3.63, 3.8) is 0 Å². The van der Waals surface area contributed by atoms with Gasteiger partial charge in [-0.05, 0) is 48.7 Å². The number of aromatic nitrogens is 1. The fourth-order valence-corrected chi connectivity index (χ4v) is 2.74. The molecule has 3 heteroatoms. The van der Waals surface area contributed by atoms with Gasteiger partial charge in [0.2, 0.25) is 0 Å². The number of hydrogen-bond acceptors (Lipinski definition) is 3. The number of pyridine rings is 1. The van der Waals surface area contributed by atoms with Gasteiger partial charge in [-0.3, -0.25) is 0 Å². The first-order valence-electron chi connectivity index (χ1n) is 7.60.